The first-order chi connectivity index (χ1) is 11.6. The predicted octanol–water partition coefficient (Wildman–Crippen LogP) is 1.21. The van der Waals surface area contributed by atoms with E-state index in [1.807, 2.05) is 0 Å². The molecule has 0 spiro atoms. The van der Waals surface area contributed by atoms with Gasteiger partial charge in [-0.15, -0.1) is 0 Å². The molecule has 3 rings (SSSR count). The lowest BCUT2D eigenvalue weighted by Crippen LogP contribution is -2.51. The molecule has 1 aliphatic rings. The predicted molar refractivity (Wildman–Crippen MR) is 82.5 cm³/mol. The fourth-order valence-electron chi connectivity index (χ4n) is 2.67. The molecule has 0 radical (unpaired) electrons. The highest BCUT2D eigenvalue weighted by Gasteiger charge is 2.33. The van der Waals surface area contributed by atoms with Gasteiger partial charge >= 0.3 is 0 Å². The Morgan fingerprint density at radius 1 is 1.46 bits per heavy atom. The Morgan fingerprint density at radius 3 is 2.96 bits per heavy atom. The number of halogens is 1. The first-order valence-corrected chi connectivity index (χ1v) is 7.55. The molecule has 2 N–H and O–H groups in total. The third-order valence-corrected chi connectivity index (χ3v) is 3.91. The number of amides is 1. The molecule has 0 unspecified atom stereocenters. The van der Waals surface area contributed by atoms with Crippen LogP contribution in [0.1, 0.15) is 17.0 Å². The molecule has 2 heterocycles. The number of aliphatic hydroxyl groups is 1. The summed E-state index contributed by atoms with van der Waals surface area (Å²) in [6.45, 7) is 0.554. The first kappa shape index (κ1) is 16.3. The van der Waals surface area contributed by atoms with Gasteiger partial charge in [0.15, 0.2) is 17.3 Å². The van der Waals surface area contributed by atoms with Crippen molar-refractivity contribution in [3.63, 3.8) is 0 Å². The molecular formula is C16H18FN3O4. The van der Waals surface area contributed by atoms with E-state index >= 15 is 0 Å². The molecule has 2 aromatic rings. The minimum atomic E-state index is -0.868. The molecule has 128 valence electrons. The van der Waals surface area contributed by atoms with E-state index in [9.17, 15) is 14.3 Å². The van der Waals surface area contributed by atoms with E-state index in [1.54, 1.807) is 6.20 Å². The van der Waals surface area contributed by atoms with E-state index in [0.29, 0.717) is 18.7 Å². The van der Waals surface area contributed by atoms with Crippen LogP contribution >= 0.6 is 0 Å². The lowest BCUT2D eigenvalue weighted by atomic mass is 10.0. The van der Waals surface area contributed by atoms with Gasteiger partial charge in [0.05, 0.1) is 13.7 Å². The van der Waals surface area contributed by atoms with E-state index in [4.69, 9.17) is 9.47 Å². The molecule has 1 aliphatic heterocycles. The van der Waals surface area contributed by atoms with Gasteiger partial charge in [0.25, 0.3) is 5.91 Å². The Balaban J connectivity index is 1.65. The van der Waals surface area contributed by atoms with Crippen molar-refractivity contribution in [3.8, 4) is 11.5 Å². The second-order valence-corrected chi connectivity index (χ2v) is 5.50. The van der Waals surface area contributed by atoms with Gasteiger partial charge in [-0.25, -0.2) is 9.37 Å². The van der Waals surface area contributed by atoms with Crippen LogP contribution in [0.2, 0.25) is 0 Å². The first-order valence-electron chi connectivity index (χ1n) is 7.55. The number of nitrogens with zero attached hydrogens (tertiary/aromatic N) is 2. The van der Waals surface area contributed by atoms with Crippen LogP contribution in [-0.2, 0) is 0 Å². The third-order valence-electron chi connectivity index (χ3n) is 3.91. The molecule has 2 atom stereocenters. The number of carbonyl (C=O) groups is 1. The molecule has 7 nitrogen and oxygen atoms in total. The molecule has 1 amide bonds. The Labute approximate surface area is 138 Å². The number of hydrogen-bond donors (Lipinski definition) is 2. The van der Waals surface area contributed by atoms with Crippen LogP contribution in [-0.4, -0.2) is 58.3 Å². The van der Waals surface area contributed by atoms with Crippen LogP contribution in [0.15, 0.2) is 30.6 Å². The largest absolute Gasteiger partial charge is 0.493 e. The molecule has 1 fully saturated rings. The number of methoxy groups -OCH3 is 1. The molecule has 1 saturated heterocycles. The second kappa shape index (κ2) is 6.88. The van der Waals surface area contributed by atoms with Crippen molar-refractivity contribution in [2.24, 2.45) is 0 Å². The number of H-pyrrole nitrogens is 1. The lowest BCUT2D eigenvalue weighted by molar-refractivity contribution is -0.0210. The minimum Gasteiger partial charge on any atom is -0.493 e. The number of imidazole rings is 1. The Bertz CT molecular complexity index is 707. The fraction of sp³-hybridized carbons (Fsp3) is 0.375. The summed E-state index contributed by atoms with van der Waals surface area (Å²) in [5, 5.41) is 10.3. The Morgan fingerprint density at radius 2 is 2.29 bits per heavy atom. The molecule has 0 bridgehead atoms. The number of aromatic nitrogens is 2. The van der Waals surface area contributed by atoms with Crippen LogP contribution in [0.25, 0.3) is 0 Å². The zero-order valence-electron chi connectivity index (χ0n) is 13.1. The van der Waals surface area contributed by atoms with Crippen molar-refractivity contribution in [1.82, 2.24) is 14.9 Å². The third kappa shape index (κ3) is 3.33. The summed E-state index contributed by atoms with van der Waals surface area (Å²) in [6.07, 6.45) is 2.13. The van der Waals surface area contributed by atoms with E-state index in [-0.39, 0.29) is 24.0 Å². The maximum absolute atomic E-state index is 13.2. The molecule has 24 heavy (non-hydrogen) atoms. The summed E-state index contributed by atoms with van der Waals surface area (Å²) in [5.74, 6) is 0.155. The standard InChI is InChI=1S/C16H18FN3O4/c1-23-14-8-10(17)2-3-13(14)24-12-4-7-20(9-11(12)21)16(22)15-18-5-6-19-15/h2-3,5-6,8,11-12,21H,4,7,9H2,1H3,(H,18,19)/t11-,12-/m1/s1. The van der Waals surface area contributed by atoms with Crippen molar-refractivity contribution in [2.75, 3.05) is 20.2 Å². The van der Waals surface area contributed by atoms with Gasteiger partial charge < -0.3 is 24.5 Å². The van der Waals surface area contributed by atoms with E-state index in [2.05, 4.69) is 9.97 Å². The van der Waals surface area contributed by atoms with E-state index < -0.39 is 18.0 Å². The Kier molecular flexibility index (Phi) is 4.66. The SMILES string of the molecule is COc1cc(F)ccc1O[C@@H]1CCN(C(=O)c2ncc[nH]2)C[C@H]1O. The topological polar surface area (TPSA) is 87.7 Å². The van der Waals surface area contributed by atoms with E-state index in [1.165, 1.54) is 36.4 Å². The van der Waals surface area contributed by atoms with Crippen LogP contribution < -0.4 is 9.47 Å². The maximum Gasteiger partial charge on any atom is 0.289 e. The van der Waals surface area contributed by atoms with Crippen LogP contribution in [0.3, 0.4) is 0 Å². The highest BCUT2D eigenvalue weighted by molar-refractivity contribution is 5.90. The monoisotopic (exact) mass is 335 g/mol. The van der Waals surface area contributed by atoms with Gasteiger partial charge in [0.2, 0.25) is 0 Å². The average molecular weight is 335 g/mol. The number of aromatic amines is 1. The number of benzene rings is 1. The maximum atomic E-state index is 13.2. The van der Waals surface area contributed by atoms with Crippen molar-refractivity contribution in [2.45, 2.75) is 18.6 Å². The number of β-amino-alcohol motifs (C(OH)–C–C–N with tert-alkyl or cyclic N) is 1. The number of carbonyl (C=O) groups excluding carboxylic acids is 1. The second-order valence-electron chi connectivity index (χ2n) is 5.50. The highest BCUT2D eigenvalue weighted by Crippen LogP contribution is 2.30. The number of hydrogen-bond acceptors (Lipinski definition) is 5. The summed E-state index contributed by atoms with van der Waals surface area (Å²) in [6, 6.07) is 3.94. The summed E-state index contributed by atoms with van der Waals surface area (Å²) in [7, 11) is 1.42. The zero-order chi connectivity index (χ0) is 17.1. The minimum absolute atomic E-state index is 0.133. The van der Waals surface area contributed by atoms with Gasteiger partial charge in [0.1, 0.15) is 18.0 Å². The Hall–Kier alpha value is -2.61. The molecule has 1 aromatic heterocycles. The lowest BCUT2D eigenvalue weighted by Gasteiger charge is -2.35. The van der Waals surface area contributed by atoms with Crippen molar-refractivity contribution in [3.05, 3.63) is 42.2 Å². The van der Waals surface area contributed by atoms with Gasteiger partial charge in [0, 0.05) is 31.4 Å². The normalized spacial score (nSPS) is 20.7. The van der Waals surface area contributed by atoms with Gasteiger partial charge in [-0.05, 0) is 12.1 Å². The summed E-state index contributed by atoms with van der Waals surface area (Å²) >= 11 is 0. The van der Waals surface area contributed by atoms with Crippen LogP contribution in [0.5, 0.6) is 11.5 Å². The number of nitrogens with one attached hydrogen (secondary N) is 1. The molecule has 1 aromatic carbocycles. The van der Waals surface area contributed by atoms with Crippen LogP contribution in [0, 0.1) is 5.82 Å². The van der Waals surface area contributed by atoms with E-state index in [0.717, 1.165) is 0 Å². The fourth-order valence-corrected chi connectivity index (χ4v) is 2.67. The highest BCUT2D eigenvalue weighted by atomic mass is 19.1. The van der Waals surface area contributed by atoms with Crippen molar-refractivity contribution >= 4 is 5.91 Å². The van der Waals surface area contributed by atoms with Gasteiger partial charge in [-0.2, -0.15) is 0 Å². The van der Waals surface area contributed by atoms with Gasteiger partial charge in [-0.3, -0.25) is 4.79 Å². The van der Waals surface area contributed by atoms with Gasteiger partial charge in [-0.1, -0.05) is 0 Å². The number of likely N-dealkylation sites (tertiary alicyclic amines) is 1. The number of piperidine rings is 1. The average Bonchev–Trinajstić information content (AvgIpc) is 3.11. The molecule has 0 saturated carbocycles. The van der Waals surface area contributed by atoms with Crippen molar-refractivity contribution < 1.29 is 23.8 Å². The number of ether oxygens (including phenoxy) is 2. The number of aliphatic hydroxyl groups excluding tert-OH is 1. The number of rotatable bonds is 4. The summed E-state index contributed by atoms with van der Waals surface area (Å²) in [5.41, 5.74) is 0. The molecular weight excluding hydrogens is 317 g/mol. The quantitative estimate of drug-likeness (QED) is 0.877. The zero-order valence-corrected chi connectivity index (χ0v) is 13.1. The van der Waals surface area contributed by atoms with Crippen LogP contribution in [0.4, 0.5) is 4.39 Å². The summed E-state index contributed by atoms with van der Waals surface area (Å²) in [4.78, 5) is 20.4. The van der Waals surface area contributed by atoms with Crippen molar-refractivity contribution in [1.29, 1.82) is 0 Å². The molecule has 8 heteroatoms. The molecule has 0 aliphatic carbocycles. The smallest absolute Gasteiger partial charge is 0.289 e. The summed E-state index contributed by atoms with van der Waals surface area (Å²) < 4.78 is 24.1.